The molecule has 0 amide bonds. The van der Waals surface area contributed by atoms with E-state index in [4.69, 9.17) is 0 Å². The van der Waals surface area contributed by atoms with Crippen LogP contribution < -0.4 is 4.74 Å². The Morgan fingerprint density at radius 2 is 2.00 bits per heavy atom. The number of alkyl halides is 3. The van der Waals surface area contributed by atoms with E-state index in [0.717, 1.165) is 25.3 Å². The minimum atomic E-state index is -4.81. The highest BCUT2D eigenvalue weighted by Crippen LogP contribution is 2.41. The first-order chi connectivity index (χ1) is 6.88. The van der Waals surface area contributed by atoms with Crippen LogP contribution in [0.4, 0.5) is 18.9 Å². The highest BCUT2D eigenvalue weighted by molar-refractivity contribution is 5.51. The van der Waals surface area contributed by atoms with Crippen LogP contribution in [0.1, 0.15) is 5.56 Å². The Morgan fingerprint density at radius 3 is 2.40 bits per heavy atom. The molecule has 0 heterocycles. The number of nitro groups is 1. The van der Waals surface area contributed by atoms with E-state index < -0.39 is 28.1 Å². The van der Waals surface area contributed by atoms with Crippen LogP contribution in [-0.4, -0.2) is 12.0 Å². The lowest BCUT2D eigenvalue weighted by atomic mass is 10.1. The third-order valence-electron chi connectivity index (χ3n) is 1.70. The van der Waals surface area contributed by atoms with Crippen molar-refractivity contribution in [3.8, 4) is 5.75 Å². The summed E-state index contributed by atoms with van der Waals surface area (Å²) in [6, 6.07) is 2.94. The van der Waals surface area contributed by atoms with Gasteiger partial charge in [-0.2, -0.15) is 13.2 Å². The molecule has 0 spiro atoms. The zero-order valence-corrected chi connectivity index (χ0v) is 7.54. The van der Waals surface area contributed by atoms with Crippen molar-refractivity contribution in [3.63, 3.8) is 0 Å². The molecule has 0 aromatic heterocycles. The Hall–Kier alpha value is -1.79. The molecule has 0 N–H and O–H groups in total. The van der Waals surface area contributed by atoms with Gasteiger partial charge in [-0.3, -0.25) is 10.1 Å². The molecule has 0 bridgehead atoms. The molecule has 0 saturated heterocycles. The van der Waals surface area contributed by atoms with Gasteiger partial charge in [0, 0.05) is 6.07 Å². The van der Waals surface area contributed by atoms with Crippen molar-refractivity contribution in [2.24, 2.45) is 0 Å². The number of hydrogen-bond donors (Lipinski definition) is 0. The molecule has 0 radical (unpaired) electrons. The molecule has 1 rings (SSSR count). The molecule has 15 heavy (non-hydrogen) atoms. The SMILES string of the molecule is COc1cccc([N+](=O)[O-])c1C(F)(F)F. The lowest BCUT2D eigenvalue weighted by Crippen LogP contribution is -2.10. The predicted molar refractivity (Wildman–Crippen MR) is 44.7 cm³/mol. The van der Waals surface area contributed by atoms with E-state index in [1.165, 1.54) is 0 Å². The zero-order valence-electron chi connectivity index (χ0n) is 7.54. The van der Waals surface area contributed by atoms with Crippen molar-refractivity contribution in [1.82, 2.24) is 0 Å². The van der Waals surface area contributed by atoms with Crippen LogP contribution >= 0.6 is 0 Å². The molecule has 0 atom stereocenters. The van der Waals surface area contributed by atoms with E-state index in [1.807, 2.05) is 0 Å². The molecular formula is C8H6F3NO3. The summed E-state index contributed by atoms with van der Waals surface area (Å²) in [6.07, 6.45) is -4.81. The van der Waals surface area contributed by atoms with E-state index in [2.05, 4.69) is 4.74 Å². The second-order valence-corrected chi connectivity index (χ2v) is 2.61. The Balaban J connectivity index is 3.47. The van der Waals surface area contributed by atoms with Crippen molar-refractivity contribution in [1.29, 1.82) is 0 Å². The van der Waals surface area contributed by atoms with Gasteiger partial charge in [0.1, 0.15) is 5.75 Å². The third kappa shape index (κ3) is 2.17. The highest BCUT2D eigenvalue weighted by Gasteiger charge is 2.41. The molecular weight excluding hydrogens is 215 g/mol. The summed E-state index contributed by atoms with van der Waals surface area (Å²) in [4.78, 5) is 9.29. The predicted octanol–water partition coefficient (Wildman–Crippen LogP) is 2.62. The van der Waals surface area contributed by atoms with Gasteiger partial charge in [-0.1, -0.05) is 6.07 Å². The average Bonchev–Trinajstić information content (AvgIpc) is 2.15. The number of ether oxygens (including phenoxy) is 1. The van der Waals surface area contributed by atoms with Crippen LogP contribution in [0.15, 0.2) is 18.2 Å². The Labute approximate surface area is 82.4 Å². The van der Waals surface area contributed by atoms with Gasteiger partial charge in [0.05, 0.1) is 12.0 Å². The van der Waals surface area contributed by atoms with Gasteiger partial charge in [-0.15, -0.1) is 0 Å². The molecule has 0 fully saturated rings. The molecule has 82 valence electrons. The van der Waals surface area contributed by atoms with Gasteiger partial charge in [-0.05, 0) is 6.07 Å². The fraction of sp³-hybridized carbons (Fsp3) is 0.250. The number of nitrogens with zero attached hydrogens (tertiary/aromatic N) is 1. The molecule has 0 aliphatic carbocycles. The van der Waals surface area contributed by atoms with Crippen LogP contribution in [-0.2, 0) is 6.18 Å². The fourth-order valence-electron chi connectivity index (χ4n) is 1.13. The lowest BCUT2D eigenvalue weighted by Gasteiger charge is -2.11. The molecule has 7 heteroatoms. The first-order valence-corrected chi connectivity index (χ1v) is 3.76. The molecule has 1 aromatic rings. The van der Waals surface area contributed by atoms with E-state index >= 15 is 0 Å². The molecule has 0 unspecified atom stereocenters. The van der Waals surface area contributed by atoms with Crippen molar-refractivity contribution in [2.45, 2.75) is 6.18 Å². The number of hydrogen-bond acceptors (Lipinski definition) is 3. The minimum absolute atomic E-state index is 0.559. The third-order valence-corrected chi connectivity index (χ3v) is 1.70. The van der Waals surface area contributed by atoms with E-state index in [9.17, 15) is 23.3 Å². The molecule has 0 aliphatic rings. The van der Waals surface area contributed by atoms with Crippen LogP contribution in [0, 0.1) is 10.1 Å². The standard InChI is InChI=1S/C8H6F3NO3/c1-15-6-4-2-3-5(12(13)14)7(6)8(9,10)11/h2-4H,1H3. The number of halogens is 3. The first-order valence-electron chi connectivity index (χ1n) is 3.76. The summed E-state index contributed by atoms with van der Waals surface area (Å²) in [5.41, 5.74) is -2.38. The maximum absolute atomic E-state index is 12.5. The van der Waals surface area contributed by atoms with E-state index in [-0.39, 0.29) is 0 Å². The normalized spacial score (nSPS) is 11.2. The summed E-state index contributed by atoms with van der Waals surface area (Å²) < 4.78 is 41.9. The van der Waals surface area contributed by atoms with Gasteiger partial charge in [0.15, 0.2) is 5.56 Å². The van der Waals surface area contributed by atoms with Crippen LogP contribution in [0.25, 0.3) is 0 Å². The largest absolute Gasteiger partial charge is 0.496 e. The van der Waals surface area contributed by atoms with Crippen LogP contribution in [0.2, 0.25) is 0 Å². The molecule has 1 aromatic carbocycles. The van der Waals surface area contributed by atoms with Crippen molar-refractivity contribution in [3.05, 3.63) is 33.9 Å². The van der Waals surface area contributed by atoms with E-state index in [0.29, 0.717) is 0 Å². The number of benzene rings is 1. The van der Waals surface area contributed by atoms with Gasteiger partial charge in [0.25, 0.3) is 5.69 Å². The molecule has 0 saturated carbocycles. The average molecular weight is 221 g/mol. The summed E-state index contributed by atoms with van der Waals surface area (Å²) in [6.45, 7) is 0. The number of methoxy groups -OCH3 is 1. The molecule has 4 nitrogen and oxygen atoms in total. The summed E-state index contributed by atoms with van der Waals surface area (Å²) >= 11 is 0. The summed E-state index contributed by atoms with van der Waals surface area (Å²) in [7, 11) is 1.02. The monoisotopic (exact) mass is 221 g/mol. The van der Waals surface area contributed by atoms with Gasteiger partial charge in [0.2, 0.25) is 0 Å². The Morgan fingerprint density at radius 1 is 1.40 bits per heavy atom. The van der Waals surface area contributed by atoms with Gasteiger partial charge >= 0.3 is 6.18 Å². The first kappa shape index (κ1) is 11.3. The Bertz CT molecular complexity index is 389. The summed E-state index contributed by atoms with van der Waals surface area (Å²) in [5.74, 6) is -0.559. The fourth-order valence-corrected chi connectivity index (χ4v) is 1.13. The zero-order chi connectivity index (χ0) is 11.6. The topological polar surface area (TPSA) is 52.4 Å². The minimum Gasteiger partial charge on any atom is -0.496 e. The highest BCUT2D eigenvalue weighted by atomic mass is 19.4. The maximum Gasteiger partial charge on any atom is 0.426 e. The van der Waals surface area contributed by atoms with Crippen molar-refractivity contribution < 1.29 is 22.8 Å². The van der Waals surface area contributed by atoms with Crippen LogP contribution in [0.5, 0.6) is 5.75 Å². The number of nitro benzene ring substituents is 1. The van der Waals surface area contributed by atoms with E-state index in [1.54, 1.807) is 0 Å². The summed E-state index contributed by atoms with van der Waals surface area (Å²) in [5, 5.41) is 10.4. The smallest absolute Gasteiger partial charge is 0.426 e. The van der Waals surface area contributed by atoms with Crippen molar-refractivity contribution >= 4 is 5.69 Å². The van der Waals surface area contributed by atoms with Gasteiger partial charge in [-0.25, -0.2) is 0 Å². The van der Waals surface area contributed by atoms with Crippen molar-refractivity contribution in [2.75, 3.05) is 7.11 Å². The van der Waals surface area contributed by atoms with Crippen LogP contribution in [0.3, 0.4) is 0 Å². The lowest BCUT2D eigenvalue weighted by molar-refractivity contribution is -0.388. The second-order valence-electron chi connectivity index (χ2n) is 2.61. The molecule has 0 aliphatic heterocycles. The Kier molecular flexibility index (Phi) is 2.83. The van der Waals surface area contributed by atoms with Gasteiger partial charge < -0.3 is 4.74 Å². The second kappa shape index (κ2) is 3.76. The quantitative estimate of drug-likeness (QED) is 0.569. The maximum atomic E-state index is 12.5. The number of rotatable bonds is 2.